The fourth-order valence-corrected chi connectivity index (χ4v) is 1.68. The molecule has 2 nitrogen and oxygen atoms in total. The van der Waals surface area contributed by atoms with E-state index >= 15 is 0 Å². The SMILES string of the molecule is OC(CNCc1cc(F)ccc1F)C1CC1. The van der Waals surface area contributed by atoms with Gasteiger partial charge in [0.15, 0.2) is 0 Å². The van der Waals surface area contributed by atoms with E-state index in [1.165, 1.54) is 6.07 Å². The molecule has 1 atom stereocenters. The minimum Gasteiger partial charge on any atom is -0.392 e. The van der Waals surface area contributed by atoms with E-state index in [4.69, 9.17) is 0 Å². The minimum atomic E-state index is -0.444. The van der Waals surface area contributed by atoms with E-state index in [0.29, 0.717) is 18.0 Å². The summed E-state index contributed by atoms with van der Waals surface area (Å²) in [5.41, 5.74) is 0.294. The van der Waals surface area contributed by atoms with Crippen LogP contribution in [0.25, 0.3) is 0 Å². The van der Waals surface area contributed by atoms with E-state index in [-0.39, 0.29) is 12.6 Å². The molecule has 0 spiro atoms. The number of nitrogens with one attached hydrogen (secondary N) is 1. The number of aliphatic hydroxyl groups is 1. The Labute approximate surface area is 93.3 Å². The first-order valence-electron chi connectivity index (χ1n) is 5.49. The van der Waals surface area contributed by atoms with E-state index in [9.17, 15) is 13.9 Å². The lowest BCUT2D eigenvalue weighted by molar-refractivity contribution is 0.148. The molecule has 0 radical (unpaired) electrons. The molecule has 2 rings (SSSR count). The highest BCUT2D eigenvalue weighted by atomic mass is 19.1. The first-order valence-corrected chi connectivity index (χ1v) is 5.49. The normalized spacial score (nSPS) is 17.4. The molecule has 1 fully saturated rings. The third kappa shape index (κ3) is 3.00. The highest BCUT2D eigenvalue weighted by Gasteiger charge is 2.29. The number of rotatable bonds is 5. The zero-order valence-corrected chi connectivity index (χ0v) is 8.92. The van der Waals surface area contributed by atoms with E-state index in [0.717, 1.165) is 25.0 Å². The van der Waals surface area contributed by atoms with Gasteiger partial charge in [-0.2, -0.15) is 0 Å². The zero-order chi connectivity index (χ0) is 11.5. The molecule has 4 heteroatoms. The molecule has 1 aliphatic rings. The van der Waals surface area contributed by atoms with Crippen LogP contribution in [0.4, 0.5) is 8.78 Å². The molecule has 1 unspecified atom stereocenters. The van der Waals surface area contributed by atoms with Gasteiger partial charge < -0.3 is 10.4 Å². The van der Waals surface area contributed by atoms with Crippen LogP contribution in [0.5, 0.6) is 0 Å². The van der Waals surface area contributed by atoms with Gasteiger partial charge in [0, 0.05) is 18.7 Å². The van der Waals surface area contributed by atoms with Gasteiger partial charge in [-0.15, -0.1) is 0 Å². The van der Waals surface area contributed by atoms with Crippen molar-refractivity contribution in [2.24, 2.45) is 5.92 Å². The van der Waals surface area contributed by atoms with Gasteiger partial charge in [-0.05, 0) is 37.0 Å². The summed E-state index contributed by atoms with van der Waals surface area (Å²) in [6.45, 7) is 0.675. The molecule has 0 bridgehead atoms. The highest BCUT2D eigenvalue weighted by molar-refractivity contribution is 5.18. The van der Waals surface area contributed by atoms with Crippen molar-refractivity contribution >= 4 is 0 Å². The van der Waals surface area contributed by atoms with Crippen LogP contribution >= 0.6 is 0 Å². The van der Waals surface area contributed by atoms with E-state index in [2.05, 4.69) is 5.32 Å². The Bertz CT molecular complexity index is 366. The van der Waals surface area contributed by atoms with Crippen molar-refractivity contribution in [3.8, 4) is 0 Å². The van der Waals surface area contributed by atoms with Crippen molar-refractivity contribution in [1.82, 2.24) is 5.32 Å². The lowest BCUT2D eigenvalue weighted by Crippen LogP contribution is -2.28. The molecular weight excluding hydrogens is 212 g/mol. The lowest BCUT2D eigenvalue weighted by atomic mass is 10.2. The van der Waals surface area contributed by atoms with E-state index in [1.807, 2.05) is 0 Å². The summed E-state index contributed by atoms with van der Waals surface area (Å²) >= 11 is 0. The fourth-order valence-electron chi connectivity index (χ4n) is 1.68. The molecule has 1 aliphatic carbocycles. The molecule has 0 aliphatic heterocycles. The standard InChI is InChI=1S/C12H15F2NO/c13-10-3-4-11(14)9(5-10)6-15-7-12(16)8-1-2-8/h3-5,8,12,15-16H,1-2,6-7H2. The summed E-state index contributed by atoms with van der Waals surface area (Å²) in [7, 11) is 0. The zero-order valence-electron chi connectivity index (χ0n) is 8.92. The third-order valence-corrected chi connectivity index (χ3v) is 2.84. The summed E-state index contributed by atoms with van der Waals surface area (Å²) in [5, 5.41) is 12.5. The molecule has 0 heterocycles. The Morgan fingerprint density at radius 1 is 1.38 bits per heavy atom. The van der Waals surface area contributed by atoms with Crippen LogP contribution in [0.2, 0.25) is 0 Å². The van der Waals surface area contributed by atoms with Gasteiger partial charge in [0.1, 0.15) is 11.6 Å². The van der Waals surface area contributed by atoms with E-state index in [1.54, 1.807) is 0 Å². The predicted molar refractivity (Wildman–Crippen MR) is 56.8 cm³/mol. The first-order chi connectivity index (χ1) is 7.66. The van der Waals surface area contributed by atoms with E-state index < -0.39 is 11.6 Å². The van der Waals surface area contributed by atoms with Crippen molar-refractivity contribution in [1.29, 1.82) is 0 Å². The van der Waals surface area contributed by atoms with Crippen LogP contribution in [-0.4, -0.2) is 17.8 Å². The van der Waals surface area contributed by atoms with Crippen molar-refractivity contribution in [3.63, 3.8) is 0 Å². The molecule has 1 aromatic rings. The maximum atomic E-state index is 13.2. The number of hydrogen-bond acceptors (Lipinski definition) is 2. The quantitative estimate of drug-likeness (QED) is 0.804. The predicted octanol–water partition coefficient (Wildman–Crippen LogP) is 1.83. The molecule has 0 saturated heterocycles. The average Bonchev–Trinajstić information content (AvgIpc) is 3.06. The second-order valence-electron chi connectivity index (χ2n) is 4.27. The number of hydrogen-bond donors (Lipinski definition) is 2. The van der Waals surface area contributed by atoms with Gasteiger partial charge in [0.2, 0.25) is 0 Å². The summed E-state index contributed by atoms with van der Waals surface area (Å²) in [6, 6.07) is 3.38. The number of benzene rings is 1. The van der Waals surface area contributed by atoms with Crippen LogP contribution in [0.15, 0.2) is 18.2 Å². The van der Waals surface area contributed by atoms with Crippen LogP contribution in [0, 0.1) is 17.6 Å². The van der Waals surface area contributed by atoms with Gasteiger partial charge >= 0.3 is 0 Å². The van der Waals surface area contributed by atoms with Crippen LogP contribution < -0.4 is 5.32 Å². The molecular formula is C12H15F2NO. The summed E-state index contributed by atoms with van der Waals surface area (Å²) in [5.74, 6) is -0.472. The summed E-state index contributed by atoms with van der Waals surface area (Å²) in [4.78, 5) is 0. The second-order valence-corrected chi connectivity index (χ2v) is 4.27. The van der Waals surface area contributed by atoms with Gasteiger partial charge in [0.05, 0.1) is 6.10 Å². The van der Waals surface area contributed by atoms with Crippen LogP contribution in [-0.2, 0) is 6.54 Å². The van der Waals surface area contributed by atoms with Gasteiger partial charge in [0.25, 0.3) is 0 Å². The highest BCUT2D eigenvalue weighted by Crippen LogP contribution is 2.32. The fraction of sp³-hybridized carbons (Fsp3) is 0.500. The Balaban J connectivity index is 1.81. The van der Waals surface area contributed by atoms with Crippen molar-refractivity contribution in [2.75, 3.05) is 6.54 Å². The van der Waals surface area contributed by atoms with Crippen LogP contribution in [0.1, 0.15) is 18.4 Å². The lowest BCUT2D eigenvalue weighted by Gasteiger charge is -2.10. The van der Waals surface area contributed by atoms with Gasteiger partial charge in [-0.25, -0.2) is 8.78 Å². The van der Waals surface area contributed by atoms with Gasteiger partial charge in [-0.1, -0.05) is 0 Å². The molecule has 88 valence electrons. The Hall–Kier alpha value is -1.00. The van der Waals surface area contributed by atoms with Crippen molar-refractivity contribution in [2.45, 2.75) is 25.5 Å². The van der Waals surface area contributed by atoms with Crippen molar-refractivity contribution < 1.29 is 13.9 Å². The average molecular weight is 227 g/mol. The maximum Gasteiger partial charge on any atom is 0.127 e. The molecule has 1 aromatic carbocycles. The molecule has 1 saturated carbocycles. The molecule has 16 heavy (non-hydrogen) atoms. The Morgan fingerprint density at radius 3 is 2.81 bits per heavy atom. The Kier molecular flexibility index (Phi) is 3.51. The maximum absolute atomic E-state index is 13.2. The number of aliphatic hydroxyl groups excluding tert-OH is 1. The third-order valence-electron chi connectivity index (χ3n) is 2.84. The second kappa shape index (κ2) is 4.89. The molecule has 0 aromatic heterocycles. The van der Waals surface area contributed by atoms with Crippen molar-refractivity contribution in [3.05, 3.63) is 35.4 Å². The Morgan fingerprint density at radius 2 is 2.12 bits per heavy atom. The summed E-state index contributed by atoms with van der Waals surface area (Å²) in [6.07, 6.45) is 1.77. The first kappa shape index (κ1) is 11.5. The molecule has 2 N–H and O–H groups in total. The molecule has 0 amide bonds. The number of halogens is 2. The van der Waals surface area contributed by atoms with Crippen LogP contribution in [0.3, 0.4) is 0 Å². The largest absolute Gasteiger partial charge is 0.392 e. The smallest absolute Gasteiger partial charge is 0.127 e. The summed E-state index contributed by atoms with van der Waals surface area (Å²) < 4.78 is 26.0. The minimum absolute atomic E-state index is 0.243. The monoisotopic (exact) mass is 227 g/mol. The topological polar surface area (TPSA) is 32.3 Å². The van der Waals surface area contributed by atoms with Gasteiger partial charge in [-0.3, -0.25) is 0 Å².